The van der Waals surface area contributed by atoms with Crippen molar-refractivity contribution in [1.82, 2.24) is 20.1 Å². The van der Waals surface area contributed by atoms with E-state index in [1.807, 2.05) is 0 Å². The summed E-state index contributed by atoms with van der Waals surface area (Å²) in [5.41, 5.74) is 0. The maximum absolute atomic E-state index is 5.85. The van der Waals surface area contributed by atoms with Gasteiger partial charge in [-0.3, -0.25) is 0 Å². The molecule has 0 radical (unpaired) electrons. The fourth-order valence-electron chi connectivity index (χ4n) is 1.18. The number of thioether (sulfide) groups is 1. The molecule has 16 heavy (non-hydrogen) atoms. The van der Waals surface area contributed by atoms with Crippen molar-refractivity contribution in [2.45, 2.75) is 18.9 Å². The first-order valence-corrected chi connectivity index (χ1v) is 6.82. The summed E-state index contributed by atoms with van der Waals surface area (Å²) >= 11 is 13.0. The molecule has 0 aliphatic heterocycles. The van der Waals surface area contributed by atoms with Crippen LogP contribution in [0.5, 0.6) is 0 Å². The van der Waals surface area contributed by atoms with E-state index in [0.29, 0.717) is 10.2 Å². The Kier molecular flexibility index (Phi) is 6.34. The monoisotopic (exact) mass is 280 g/mol. The van der Waals surface area contributed by atoms with Gasteiger partial charge in [0.15, 0.2) is 5.15 Å². The van der Waals surface area contributed by atoms with Gasteiger partial charge in [-0.25, -0.2) is 4.98 Å². The van der Waals surface area contributed by atoms with Gasteiger partial charge in [-0.05, 0) is 24.7 Å². The van der Waals surface area contributed by atoms with Crippen molar-refractivity contribution in [3.63, 3.8) is 0 Å². The minimum atomic E-state index is 0.134. The smallest absolute Gasteiger partial charge is 0.244 e. The topological polar surface area (TPSA) is 41.9 Å². The first-order chi connectivity index (χ1) is 7.67. The Hall–Kier alpha value is -0.100. The molecule has 7 heteroatoms. The summed E-state index contributed by atoms with van der Waals surface area (Å²) in [5.74, 6) is 0.913. The van der Waals surface area contributed by atoms with Crippen LogP contribution in [0.1, 0.15) is 13.8 Å². The zero-order chi connectivity index (χ0) is 12.0. The van der Waals surface area contributed by atoms with Gasteiger partial charge in [-0.15, -0.1) is 22.0 Å². The third-order valence-corrected chi connectivity index (χ3v) is 3.60. The van der Waals surface area contributed by atoms with E-state index in [1.54, 1.807) is 11.8 Å². The molecule has 0 spiro atoms. The van der Waals surface area contributed by atoms with Crippen molar-refractivity contribution < 1.29 is 0 Å². The first-order valence-electron chi connectivity index (χ1n) is 5.08. The summed E-state index contributed by atoms with van der Waals surface area (Å²) in [6.45, 7) is 7.38. The van der Waals surface area contributed by atoms with E-state index in [4.69, 9.17) is 23.2 Å². The Morgan fingerprint density at radius 3 is 2.50 bits per heavy atom. The van der Waals surface area contributed by atoms with Crippen molar-refractivity contribution in [1.29, 1.82) is 0 Å². The van der Waals surface area contributed by atoms with Crippen molar-refractivity contribution in [2.75, 3.05) is 25.4 Å². The molecule has 0 N–H and O–H groups in total. The third-order valence-electron chi connectivity index (χ3n) is 2.13. The molecule has 0 unspecified atom stereocenters. The number of nitrogens with zero attached hydrogens (tertiary/aromatic N) is 4. The van der Waals surface area contributed by atoms with E-state index in [0.717, 1.165) is 25.4 Å². The highest BCUT2D eigenvalue weighted by atomic mass is 35.5. The van der Waals surface area contributed by atoms with Crippen LogP contribution in [0, 0.1) is 0 Å². The molecule has 1 rings (SSSR count). The van der Waals surface area contributed by atoms with E-state index < -0.39 is 0 Å². The summed E-state index contributed by atoms with van der Waals surface area (Å²) in [6, 6.07) is 0. The minimum absolute atomic E-state index is 0.134. The maximum Gasteiger partial charge on any atom is 0.244 e. The molecule has 1 aromatic heterocycles. The molecule has 1 heterocycles. The van der Waals surface area contributed by atoms with Crippen LogP contribution in [0.4, 0.5) is 0 Å². The Labute approximate surface area is 110 Å². The summed E-state index contributed by atoms with van der Waals surface area (Å²) in [5, 5.41) is 8.36. The van der Waals surface area contributed by atoms with Gasteiger partial charge in [0.05, 0.1) is 0 Å². The molecule has 0 aromatic carbocycles. The van der Waals surface area contributed by atoms with Crippen LogP contribution in [0.25, 0.3) is 0 Å². The van der Waals surface area contributed by atoms with Crippen LogP contribution in [0.3, 0.4) is 0 Å². The molecule has 0 aliphatic carbocycles. The second-order valence-electron chi connectivity index (χ2n) is 3.05. The van der Waals surface area contributed by atoms with Crippen LogP contribution in [0.2, 0.25) is 10.4 Å². The molecule has 0 amide bonds. The van der Waals surface area contributed by atoms with Crippen LogP contribution >= 0.6 is 35.0 Å². The van der Waals surface area contributed by atoms with Crippen LogP contribution in [-0.4, -0.2) is 45.5 Å². The second kappa shape index (κ2) is 7.27. The lowest BCUT2D eigenvalue weighted by atomic mass is 10.5. The molecule has 0 atom stereocenters. The maximum atomic E-state index is 5.85. The molecule has 4 nitrogen and oxygen atoms in total. The van der Waals surface area contributed by atoms with Gasteiger partial charge in [-0.1, -0.05) is 25.4 Å². The van der Waals surface area contributed by atoms with Gasteiger partial charge in [0.25, 0.3) is 0 Å². The Balaban J connectivity index is 2.45. The fraction of sp³-hybridized carbons (Fsp3) is 0.667. The summed E-state index contributed by atoms with van der Waals surface area (Å²) < 4.78 is 0. The summed E-state index contributed by atoms with van der Waals surface area (Å²) in [4.78, 5) is 6.36. The first kappa shape index (κ1) is 14.0. The molecule has 0 bridgehead atoms. The zero-order valence-electron chi connectivity index (χ0n) is 9.28. The predicted molar refractivity (Wildman–Crippen MR) is 68.4 cm³/mol. The normalized spacial score (nSPS) is 11.1. The van der Waals surface area contributed by atoms with Crippen molar-refractivity contribution >= 4 is 35.0 Å². The van der Waals surface area contributed by atoms with E-state index in [2.05, 4.69) is 33.9 Å². The summed E-state index contributed by atoms with van der Waals surface area (Å²) in [6.07, 6.45) is 0. The molecule has 0 aliphatic rings. The highest BCUT2D eigenvalue weighted by molar-refractivity contribution is 7.99. The molecule has 90 valence electrons. The molecule has 0 saturated carbocycles. The fourth-order valence-corrected chi connectivity index (χ4v) is 2.45. The largest absolute Gasteiger partial charge is 0.303 e. The molecule has 0 fully saturated rings. The highest BCUT2D eigenvalue weighted by Gasteiger charge is 2.07. The Morgan fingerprint density at radius 1 is 1.19 bits per heavy atom. The Morgan fingerprint density at radius 2 is 1.88 bits per heavy atom. The molecular weight excluding hydrogens is 267 g/mol. The van der Waals surface area contributed by atoms with Gasteiger partial charge in [-0.2, -0.15) is 0 Å². The lowest BCUT2D eigenvalue weighted by Gasteiger charge is -2.17. The van der Waals surface area contributed by atoms with Gasteiger partial charge < -0.3 is 4.90 Å². The lowest BCUT2D eigenvalue weighted by Crippen LogP contribution is -2.25. The van der Waals surface area contributed by atoms with Crippen molar-refractivity contribution in [2.24, 2.45) is 0 Å². The molecule has 1 aromatic rings. The molecular formula is C9H14Cl2N4S. The lowest BCUT2D eigenvalue weighted by molar-refractivity contribution is 0.324. The summed E-state index contributed by atoms with van der Waals surface area (Å²) in [7, 11) is 0. The number of halogens is 2. The third kappa shape index (κ3) is 4.41. The van der Waals surface area contributed by atoms with Crippen LogP contribution < -0.4 is 0 Å². The average molecular weight is 281 g/mol. The average Bonchev–Trinajstić information content (AvgIpc) is 2.29. The second-order valence-corrected chi connectivity index (χ2v) is 4.83. The van der Waals surface area contributed by atoms with Crippen LogP contribution in [-0.2, 0) is 0 Å². The number of rotatable bonds is 6. The minimum Gasteiger partial charge on any atom is -0.303 e. The molecule has 0 saturated heterocycles. The Bertz CT molecular complexity index is 333. The van der Waals surface area contributed by atoms with Gasteiger partial charge in [0.1, 0.15) is 5.03 Å². The van der Waals surface area contributed by atoms with Gasteiger partial charge >= 0.3 is 0 Å². The highest BCUT2D eigenvalue weighted by Crippen LogP contribution is 2.23. The number of hydrogen-bond acceptors (Lipinski definition) is 5. The van der Waals surface area contributed by atoms with Crippen molar-refractivity contribution in [3.8, 4) is 0 Å². The van der Waals surface area contributed by atoms with Crippen molar-refractivity contribution in [3.05, 3.63) is 10.4 Å². The SMILES string of the molecule is CCN(CC)CCSc1nc(Cl)nnc1Cl. The predicted octanol–water partition coefficient (Wildman–Crippen LogP) is 2.61. The number of hydrogen-bond donors (Lipinski definition) is 0. The van der Waals surface area contributed by atoms with Gasteiger partial charge in [0.2, 0.25) is 5.28 Å². The van der Waals surface area contributed by atoms with Crippen LogP contribution in [0.15, 0.2) is 5.03 Å². The van der Waals surface area contributed by atoms with Gasteiger partial charge in [0, 0.05) is 12.3 Å². The number of aromatic nitrogens is 3. The van der Waals surface area contributed by atoms with E-state index in [9.17, 15) is 0 Å². The standard InChI is InChI=1S/C9H14Cl2N4S/c1-3-15(4-2)5-6-16-8-7(10)13-14-9(11)12-8/h3-6H2,1-2H3. The van der Waals surface area contributed by atoms with E-state index in [1.165, 1.54) is 0 Å². The zero-order valence-corrected chi connectivity index (χ0v) is 11.6. The van der Waals surface area contributed by atoms with E-state index >= 15 is 0 Å². The quantitative estimate of drug-likeness (QED) is 0.750. The van der Waals surface area contributed by atoms with E-state index in [-0.39, 0.29) is 5.28 Å².